The minimum absolute atomic E-state index is 0.0183. The summed E-state index contributed by atoms with van der Waals surface area (Å²) in [6.07, 6.45) is 6.32. The normalized spacial score (nSPS) is 18.8. The van der Waals surface area contributed by atoms with Crippen molar-refractivity contribution < 1.29 is 9.90 Å². The predicted octanol–water partition coefficient (Wildman–Crippen LogP) is 2.07. The predicted molar refractivity (Wildman–Crippen MR) is 88.1 cm³/mol. The van der Waals surface area contributed by atoms with E-state index in [2.05, 4.69) is 23.8 Å². The van der Waals surface area contributed by atoms with Crippen LogP contribution in [0.2, 0.25) is 0 Å². The highest BCUT2D eigenvalue weighted by Crippen LogP contribution is 2.21. The largest absolute Gasteiger partial charge is 0.394 e. The van der Waals surface area contributed by atoms with Gasteiger partial charge in [0.15, 0.2) is 5.65 Å². The van der Waals surface area contributed by atoms with E-state index in [1.807, 2.05) is 10.6 Å². The average molecular weight is 316 g/mol. The zero-order valence-corrected chi connectivity index (χ0v) is 13.8. The van der Waals surface area contributed by atoms with E-state index in [0.717, 1.165) is 37.0 Å². The van der Waals surface area contributed by atoms with E-state index >= 15 is 0 Å². The maximum atomic E-state index is 12.7. The second-order valence-electron chi connectivity index (χ2n) is 6.69. The van der Waals surface area contributed by atoms with Gasteiger partial charge in [0, 0.05) is 19.3 Å². The molecule has 3 heterocycles. The first-order valence-corrected chi connectivity index (χ1v) is 8.33. The molecule has 1 N–H and O–H groups in total. The number of piperidine rings is 1. The Kier molecular flexibility index (Phi) is 4.61. The lowest BCUT2D eigenvalue weighted by atomic mass is 10.0. The fourth-order valence-corrected chi connectivity index (χ4v) is 3.22. The molecule has 1 aliphatic rings. The molecule has 1 aliphatic heterocycles. The van der Waals surface area contributed by atoms with Crippen molar-refractivity contribution in [1.82, 2.24) is 19.4 Å². The number of carbonyl (C=O) groups excluding carboxylic acids is 1. The van der Waals surface area contributed by atoms with E-state index in [0.29, 0.717) is 18.0 Å². The molecule has 1 amide bonds. The minimum atomic E-state index is -0.0783. The van der Waals surface area contributed by atoms with Crippen LogP contribution in [0.3, 0.4) is 0 Å². The van der Waals surface area contributed by atoms with Crippen molar-refractivity contribution >= 4 is 17.1 Å². The lowest BCUT2D eigenvalue weighted by Crippen LogP contribution is -2.45. The van der Waals surface area contributed by atoms with E-state index in [-0.39, 0.29) is 18.6 Å². The molecule has 0 saturated carbocycles. The molecule has 0 aromatic carbocycles. The van der Waals surface area contributed by atoms with Gasteiger partial charge in [-0.1, -0.05) is 13.8 Å². The third-order valence-corrected chi connectivity index (χ3v) is 4.36. The van der Waals surface area contributed by atoms with Crippen LogP contribution in [0.4, 0.5) is 0 Å². The molecule has 2 aromatic heterocycles. The summed E-state index contributed by atoms with van der Waals surface area (Å²) >= 11 is 0. The van der Waals surface area contributed by atoms with Crippen LogP contribution in [-0.4, -0.2) is 49.6 Å². The Morgan fingerprint density at radius 3 is 2.96 bits per heavy atom. The van der Waals surface area contributed by atoms with Crippen molar-refractivity contribution in [3.05, 3.63) is 24.2 Å². The minimum Gasteiger partial charge on any atom is -0.394 e. The van der Waals surface area contributed by atoms with Crippen LogP contribution < -0.4 is 0 Å². The number of hydrogen-bond donors (Lipinski definition) is 1. The molecule has 1 atom stereocenters. The topological polar surface area (TPSA) is 71.2 Å². The van der Waals surface area contributed by atoms with Gasteiger partial charge in [-0.05, 0) is 31.2 Å². The van der Waals surface area contributed by atoms with Crippen LogP contribution in [0.1, 0.15) is 43.5 Å². The molecular weight excluding hydrogens is 292 g/mol. The number of rotatable bonds is 4. The Labute approximate surface area is 136 Å². The van der Waals surface area contributed by atoms with Gasteiger partial charge < -0.3 is 14.6 Å². The van der Waals surface area contributed by atoms with Crippen LogP contribution >= 0.6 is 0 Å². The van der Waals surface area contributed by atoms with Gasteiger partial charge in [-0.2, -0.15) is 0 Å². The van der Waals surface area contributed by atoms with E-state index in [9.17, 15) is 9.90 Å². The van der Waals surface area contributed by atoms with E-state index in [1.54, 1.807) is 17.4 Å². The lowest BCUT2D eigenvalue weighted by molar-refractivity contribution is 0.0503. The number of hydrogen-bond acceptors (Lipinski definition) is 4. The zero-order valence-electron chi connectivity index (χ0n) is 13.8. The van der Waals surface area contributed by atoms with Crippen molar-refractivity contribution in [2.75, 3.05) is 13.2 Å². The van der Waals surface area contributed by atoms with Gasteiger partial charge in [0.1, 0.15) is 5.52 Å². The molecular formula is C17H24N4O2. The molecule has 6 nitrogen and oxygen atoms in total. The van der Waals surface area contributed by atoms with Crippen LogP contribution in [0.25, 0.3) is 11.2 Å². The number of imidazole rings is 1. The molecule has 6 heteroatoms. The first kappa shape index (κ1) is 15.9. The summed E-state index contributed by atoms with van der Waals surface area (Å²) in [6, 6.07) is 1.73. The number of aliphatic hydroxyl groups excluding tert-OH is 1. The number of pyridine rings is 1. The molecule has 0 bridgehead atoms. The van der Waals surface area contributed by atoms with Crippen molar-refractivity contribution in [3.8, 4) is 0 Å². The zero-order chi connectivity index (χ0) is 16.4. The Bertz CT molecular complexity index is 695. The fraction of sp³-hybridized carbons (Fsp3) is 0.588. The highest BCUT2D eigenvalue weighted by Gasteiger charge is 2.27. The maximum absolute atomic E-state index is 12.7. The molecule has 0 spiro atoms. The highest BCUT2D eigenvalue weighted by atomic mass is 16.3. The van der Waals surface area contributed by atoms with Gasteiger partial charge in [0.2, 0.25) is 0 Å². The van der Waals surface area contributed by atoms with Gasteiger partial charge in [0.25, 0.3) is 5.91 Å². The summed E-state index contributed by atoms with van der Waals surface area (Å²) in [5.41, 5.74) is 2.11. The highest BCUT2D eigenvalue weighted by molar-refractivity contribution is 5.96. The third kappa shape index (κ3) is 3.22. The molecule has 0 radical (unpaired) electrons. The third-order valence-electron chi connectivity index (χ3n) is 4.36. The molecule has 2 aromatic rings. The van der Waals surface area contributed by atoms with Crippen molar-refractivity contribution in [3.63, 3.8) is 0 Å². The Hall–Kier alpha value is -1.95. The fourth-order valence-electron chi connectivity index (χ4n) is 3.22. The van der Waals surface area contributed by atoms with Gasteiger partial charge in [-0.15, -0.1) is 0 Å². The summed E-state index contributed by atoms with van der Waals surface area (Å²) in [7, 11) is 0. The van der Waals surface area contributed by atoms with Crippen molar-refractivity contribution in [2.24, 2.45) is 5.92 Å². The summed E-state index contributed by atoms with van der Waals surface area (Å²) in [5, 5.41) is 9.49. The molecule has 3 rings (SSSR count). The number of aromatic nitrogens is 3. The number of likely N-dealkylation sites (tertiary alicyclic amines) is 1. The Morgan fingerprint density at radius 1 is 1.39 bits per heavy atom. The molecule has 1 fully saturated rings. The molecule has 1 saturated heterocycles. The summed E-state index contributed by atoms with van der Waals surface area (Å²) in [6.45, 7) is 5.87. The number of aliphatic hydroxyl groups is 1. The van der Waals surface area contributed by atoms with Gasteiger partial charge in [-0.3, -0.25) is 4.79 Å². The molecule has 124 valence electrons. The first-order valence-electron chi connectivity index (χ1n) is 8.33. The standard InChI is InChI=1S/C17H24N4O2/c1-12(2)9-20-11-19-15-7-13(8-18-16(15)20)17(23)21-6-4-3-5-14(21)10-22/h7-8,11-12,14,22H,3-6,9-10H2,1-2H3. The molecule has 0 aliphatic carbocycles. The van der Waals surface area contributed by atoms with Crippen LogP contribution in [0.15, 0.2) is 18.6 Å². The van der Waals surface area contributed by atoms with Gasteiger partial charge in [-0.25, -0.2) is 9.97 Å². The second-order valence-corrected chi connectivity index (χ2v) is 6.69. The van der Waals surface area contributed by atoms with Crippen LogP contribution in [-0.2, 0) is 6.54 Å². The average Bonchev–Trinajstić information content (AvgIpc) is 2.95. The van der Waals surface area contributed by atoms with E-state index < -0.39 is 0 Å². The van der Waals surface area contributed by atoms with Gasteiger partial charge in [0.05, 0.1) is 24.5 Å². The smallest absolute Gasteiger partial charge is 0.255 e. The molecule has 23 heavy (non-hydrogen) atoms. The number of amides is 1. The van der Waals surface area contributed by atoms with Crippen LogP contribution in [0.5, 0.6) is 0 Å². The maximum Gasteiger partial charge on any atom is 0.255 e. The number of carbonyl (C=O) groups is 1. The molecule has 1 unspecified atom stereocenters. The number of fused-ring (bicyclic) bond motifs is 1. The first-order chi connectivity index (χ1) is 11.1. The summed E-state index contributed by atoms with van der Waals surface area (Å²) in [5.74, 6) is 0.450. The quantitative estimate of drug-likeness (QED) is 0.937. The Morgan fingerprint density at radius 2 is 2.22 bits per heavy atom. The SMILES string of the molecule is CC(C)Cn1cnc2cc(C(=O)N3CCCCC3CO)cnc21. The van der Waals surface area contributed by atoms with Crippen molar-refractivity contribution in [2.45, 2.75) is 45.7 Å². The van der Waals surface area contributed by atoms with E-state index in [4.69, 9.17) is 0 Å². The summed E-state index contributed by atoms with van der Waals surface area (Å²) < 4.78 is 2.02. The Balaban J connectivity index is 1.86. The number of nitrogens with zero attached hydrogens (tertiary/aromatic N) is 4. The van der Waals surface area contributed by atoms with Gasteiger partial charge >= 0.3 is 0 Å². The second kappa shape index (κ2) is 6.66. The monoisotopic (exact) mass is 316 g/mol. The van der Waals surface area contributed by atoms with Crippen LogP contribution in [0, 0.1) is 5.92 Å². The lowest BCUT2D eigenvalue weighted by Gasteiger charge is -2.34. The summed E-state index contributed by atoms with van der Waals surface area (Å²) in [4.78, 5) is 23.3. The van der Waals surface area contributed by atoms with E-state index in [1.165, 1.54) is 0 Å². The van der Waals surface area contributed by atoms with Crippen molar-refractivity contribution in [1.29, 1.82) is 0 Å².